The van der Waals surface area contributed by atoms with E-state index in [1.807, 2.05) is 0 Å². The quantitative estimate of drug-likeness (QED) is 0.310. The Morgan fingerprint density at radius 2 is 1.69 bits per heavy atom. The molecule has 2 N–H and O–H groups in total. The molecule has 0 saturated heterocycles. The fourth-order valence-electron chi connectivity index (χ4n) is 2.41. The van der Waals surface area contributed by atoms with Crippen LogP contribution in [0.15, 0.2) is 23.5 Å². The Hall–Kier alpha value is -3.02. The third-order valence-corrected chi connectivity index (χ3v) is 4.66. The van der Waals surface area contributed by atoms with Gasteiger partial charge in [-0.25, -0.2) is 35.9 Å². The molecular weight excluding hydrogens is 380 g/mol. The van der Waals surface area contributed by atoms with Crippen LogP contribution in [0.5, 0.6) is 0 Å². The summed E-state index contributed by atoms with van der Waals surface area (Å²) in [6.07, 6.45) is 2.43. The van der Waals surface area contributed by atoms with Crippen molar-refractivity contribution in [2.24, 2.45) is 0 Å². The van der Waals surface area contributed by atoms with Crippen molar-refractivity contribution in [3.63, 3.8) is 0 Å². The minimum Gasteiger partial charge on any atom is -0.383 e. The number of carbonyl (C=O) groups excluding carboxylic acids is 1. The molecule has 12 heteroatoms. The van der Waals surface area contributed by atoms with E-state index in [1.165, 1.54) is 6.07 Å². The summed E-state index contributed by atoms with van der Waals surface area (Å²) in [4.78, 5) is 18.5. The van der Waals surface area contributed by atoms with E-state index in [0.717, 1.165) is 12.5 Å². The molecule has 0 bridgehead atoms. The van der Waals surface area contributed by atoms with Gasteiger partial charge in [-0.3, -0.25) is 9.36 Å². The highest BCUT2D eigenvalue weighted by Crippen LogP contribution is 2.30. The fraction of sp³-hybridized carbons (Fsp3) is 0.0714. The van der Waals surface area contributed by atoms with E-state index in [0.29, 0.717) is 10.8 Å². The second-order valence-corrected chi connectivity index (χ2v) is 7.17. The maximum absolute atomic E-state index is 14.2. The first-order valence-corrected chi connectivity index (χ1v) is 8.63. The highest BCUT2D eigenvalue weighted by molar-refractivity contribution is 7.90. The van der Waals surface area contributed by atoms with Crippen molar-refractivity contribution in [3.8, 4) is 0 Å². The number of nitrogen functional groups attached to an aromatic ring is 1. The Bertz CT molecular complexity index is 1190. The molecule has 0 amide bonds. The van der Waals surface area contributed by atoms with Crippen molar-refractivity contribution in [1.82, 2.24) is 14.5 Å². The summed E-state index contributed by atoms with van der Waals surface area (Å²) in [7, 11) is -4.64. The monoisotopic (exact) mass is 388 g/mol. The normalized spacial score (nSPS) is 11.9. The summed E-state index contributed by atoms with van der Waals surface area (Å²) >= 11 is 0. The van der Waals surface area contributed by atoms with Crippen LogP contribution in [-0.2, 0) is 9.84 Å². The van der Waals surface area contributed by atoms with Gasteiger partial charge in [0, 0.05) is 12.5 Å². The molecule has 0 aliphatic heterocycles. The highest BCUT2D eigenvalue weighted by atomic mass is 32.2. The molecule has 2 aromatic heterocycles. The Balaban J connectivity index is 2.39. The average Bonchev–Trinajstić information content (AvgIpc) is 2.99. The molecule has 0 fully saturated rings. The zero-order chi connectivity index (χ0) is 19.4. The largest absolute Gasteiger partial charge is 0.383 e. The van der Waals surface area contributed by atoms with E-state index in [4.69, 9.17) is 5.73 Å². The van der Waals surface area contributed by atoms with Crippen LogP contribution in [0.1, 0.15) is 10.4 Å². The molecule has 7 nitrogen and oxygen atoms in total. The summed E-state index contributed by atoms with van der Waals surface area (Å²) in [5.41, 5.74) is 3.94. The summed E-state index contributed by atoms with van der Waals surface area (Å²) in [5, 5.41) is 0.158. The van der Waals surface area contributed by atoms with Crippen molar-refractivity contribution in [3.05, 3.63) is 47.4 Å². The lowest BCUT2D eigenvalue weighted by molar-refractivity contribution is 0.0954. The molecule has 0 aliphatic carbocycles. The predicted molar refractivity (Wildman–Crippen MR) is 81.1 cm³/mol. The van der Waals surface area contributed by atoms with Gasteiger partial charge in [0.2, 0.25) is 0 Å². The van der Waals surface area contributed by atoms with Gasteiger partial charge in [-0.05, 0) is 6.07 Å². The summed E-state index contributed by atoms with van der Waals surface area (Å²) < 4.78 is 79.5. The number of hydrogen-bond donors (Lipinski definition) is 1. The topological polar surface area (TPSA) is 108 Å². The zero-order valence-corrected chi connectivity index (χ0v) is 13.6. The highest BCUT2D eigenvalue weighted by Gasteiger charge is 2.35. The number of hydrogen-bond acceptors (Lipinski definition) is 6. The van der Waals surface area contributed by atoms with Gasteiger partial charge in [-0.2, -0.15) is 0 Å². The van der Waals surface area contributed by atoms with Gasteiger partial charge in [-0.1, -0.05) is 0 Å². The van der Waals surface area contributed by atoms with Crippen LogP contribution in [0.25, 0.3) is 11.0 Å². The number of benzene rings is 1. The minimum absolute atomic E-state index is 0.0400. The molecular formula is C14H8F4N4O3S. The van der Waals surface area contributed by atoms with Crippen molar-refractivity contribution in [2.75, 3.05) is 12.0 Å². The third kappa shape index (κ3) is 2.49. The van der Waals surface area contributed by atoms with E-state index in [-0.39, 0.29) is 16.9 Å². The minimum atomic E-state index is -4.64. The van der Waals surface area contributed by atoms with Gasteiger partial charge in [0.15, 0.2) is 38.8 Å². The smallest absolute Gasteiger partial charge is 0.268 e. The number of sulfone groups is 1. The van der Waals surface area contributed by atoms with Crippen LogP contribution in [0.3, 0.4) is 0 Å². The molecule has 0 unspecified atom stereocenters. The molecule has 136 valence electrons. The maximum atomic E-state index is 14.2. The molecule has 0 atom stereocenters. The number of nitrogens with two attached hydrogens (primary N) is 1. The molecule has 2 heterocycles. The first-order valence-electron chi connectivity index (χ1n) is 6.74. The lowest BCUT2D eigenvalue weighted by Crippen LogP contribution is -2.21. The van der Waals surface area contributed by atoms with Crippen molar-refractivity contribution >= 4 is 32.6 Å². The first-order chi connectivity index (χ1) is 12.1. The maximum Gasteiger partial charge on any atom is 0.268 e. The average molecular weight is 388 g/mol. The Morgan fingerprint density at radius 3 is 2.31 bits per heavy atom. The van der Waals surface area contributed by atoms with Crippen LogP contribution in [0, 0.1) is 23.3 Å². The standard InChI is InChI=1S/C14H8F4N4O3S/c1-26(24,25)11-6(7(15)8(16)9(17)10(11)18)14(23)22-3-2-5-12(19)20-4-21-13(5)22/h2-4H,1H3,(H2,19,20,21). The second-order valence-electron chi connectivity index (χ2n) is 5.22. The van der Waals surface area contributed by atoms with Crippen molar-refractivity contribution in [1.29, 1.82) is 0 Å². The number of nitrogens with zero attached hydrogens (tertiary/aromatic N) is 3. The van der Waals surface area contributed by atoms with E-state index in [9.17, 15) is 30.8 Å². The van der Waals surface area contributed by atoms with E-state index in [1.54, 1.807) is 0 Å². The van der Waals surface area contributed by atoms with Crippen LogP contribution in [0.4, 0.5) is 23.4 Å². The Morgan fingerprint density at radius 1 is 1.08 bits per heavy atom. The summed E-state index contributed by atoms with van der Waals surface area (Å²) in [5.74, 6) is -10.5. The summed E-state index contributed by atoms with van der Waals surface area (Å²) in [6, 6.07) is 1.26. The van der Waals surface area contributed by atoms with Gasteiger partial charge >= 0.3 is 0 Å². The Kier molecular flexibility index (Phi) is 3.94. The lowest BCUT2D eigenvalue weighted by atomic mass is 10.1. The van der Waals surface area contributed by atoms with Gasteiger partial charge in [0.05, 0.1) is 5.39 Å². The van der Waals surface area contributed by atoms with Gasteiger partial charge < -0.3 is 5.73 Å². The van der Waals surface area contributed by atoms with Gasteiger partial charge in [-0.15, -0.1) is 0 Å². The number of fused-ring (bicyclic) bond motifs is 1. The molecule has 0 aliphatic rings. The number of anilines is 1. The summed E-state index contributed by atoms with van der Waals surface area (Å²) in [6.45, 7) is 0. The number of aromatic nitrogens is 3. The van der Waals surface area contributed by atoms with E-state index < -0.39 is 49.5 Å². The molecule has 1 aromatic carbocycles. The molecule has 3 rings (SSSR count). The SMILES string of the molecule is CS(=O)(=O)c1c(F)c(F)c(F)c(F)c1C(=O)n1ccc2c(N)ncnc21. The number of carbonyl (C=O) groups is 1. The second kappa shape index (κ2) is 5.76. The molecule has 3 aromatic rings. The molecule has 0 radical (unpaired) electrons. The van der Waals surface area contributed by atoms with E-state index >= 15 is 0 Å². The van der Waals surface area contributed by atoms with Crippen molar-refractivity contribution < 1.29 is 30.8 Å². The molecule has 26 heavy (non-hydrogen) atoms. The predicted octanol–water partition coefficient (Wildman–Crippen LogP) is 1.66. The van der Waals surface area contributed by atoms with Crippen LogP contribution in [-0.4, -0.2) is 35.1 Å². The number of halogens is 4. The first kappa shape index (κ1) is 17.8. The van der Waals surface area contributed by atoms with Crippen LogP contribution >= 0.6 is 0 Å². The van der Waals surface area contributed by atoms with Crippen LogP contribution in [0.2, 0.25) is 0 Å². The Labute approximate surface area is 143 Å². The third-order valence-electron chi connectivity index (χ3n) is 3.54. The zero-order valence-electron chi connectivity index (χ0n) is 12.8. The van der Waals surface area contributed by atoms with E-state index in [2.05, 4.69) is 9.97 Å². The van der Waals surface area contributed by atoms with Gasteiger partial charge in [0.1, 0.15) is 22.6 Å². The lowest BCUT2D eigenvalue weighted by Gasteiger charge is -2.12. The molecule has 0 spiro atoms. The fourth-order valence-corrected chi connectivity index (χ4v) is 3.37. The van der Waals surface area contributed by atoms with Crippen LogP contribution < -0.4 is 5.73 Å². The van der Waals surface area contributed by atoms with Gasteiger partial charge in [0.25, 0.3) is 5.91 Å². The molecule has 0 saturated carbocycles. The van der Waals surface area contributed by atoms with Crippen molar-refractivity contribution in [2.45, 2.75) is 4.90 Å². The number of rotatable bonds is 2.